The van der Waals surface area contributed by atoms with Gasteiger partial charge in [-0.3, -0.25) is 19.4 Å². The fraction of sp³-hybridized carbons (Fsp3) is 0.348. The molecule has 1 amide bonds. The number of nitrogens with zero attached hydrogens (tertiary/aromatic N) is 2. The number of amides is 1. The molecule has 10 heteroatoms. The van der Waals surface area contributed by atoms with Gasteiger partial charge in [0, 0.05) is 17.4 Å². The average molecular weight is 470 g/mol. The van der Waals surface area contributed by atoms with Crippen LogP contribution in [0.1, 0.15) is 34.5 Å². The molecule has 4 rings (SSSR count). The van der Waals surface area contributed by atoms with Gasteiger partial charge in [0.05, 0.1) is 11.9 Å². The number of aryl methyl sites for hydroxylation is 3. The van der Waals surface area contributed by atoms with Crippen LogP contribution in [0.4, 0.5) is 5.69 Å². The minimum atomic E-state index is -3.80. The van der Waals surface area contributed by atoms with Crippen LogP contribution in [0.3, 0.4) is 0 Å². The number of fused-ring (bicyclic) bond motifs is 1. The smallest absolute Gasteiger partial charge is 0.275 e. The van der Waals surface area contributed by atoms with Crippen molar-refractivity contribution in [2.24, 2.45) is 0 Å². The maximum Gasteiger partial charge on any atom is 0.275 e. The number of nitrogens with one attached hydrogen (secondary N) is 3. The summed E-state index contributed by atoms with van der Waals surface area (Å²) in [6.07, 6.45) is 4.05. The first-order valence-electron chi connectivity index (χ1n) is 10.8. The first-order chi connectivity index (χ1) is 15.7. The van der Waals surface area contributed by atoms with Crippen LogP contribution in [0.25, 0.3) is 0 Å². The van der Waals surface area contributed by atoms with Gasteiger partial charge in [-0.2, -0.15) is 5.10 Å². The van der Waals surface area contributed by atoms with Crippen LogP contribution in [-0.2, 0) is 40.0 Å². The van der Waals surface area contributed by atoms with Crippen molar-refractivity contribution in [3.05, 3.63) is 81.0 Å². The maximum atomic E-state index is 13.0. The molecule has 9 nitrogen and oxygen atoms in total. The Morgan fingerprint density at radius 1 is 1.18 bits per heavy atom. The Labute approximate surface area is 192 Å². The second-order valence-corrected chi connectivity index (χ2v) is 10.2. The third-order valence-electron chi connectivity index (χ3n) is 5.82. The molecule has 0 fully saturated rings. The molecule has 33 heavy (non-hydrogen) atoms. The highest BCUT2D eigenvalue weighted by molar-refractivity contribution is 7.91. The van der Waals surface area contributed by atoms with Gasteiger partial charge in [-0.25, -0.2) is 8.42 Å². The Morgan fingerprint density at radius 3 is 2.70 bits per heavy atom. The number of hydrogen-bond donors (Lipinski definition) is 3. The molecule has 0 saturated heterocycles. The van der Waals surface area contributed by atoms with E-state index in [9.17, 15) is 18.0 Å². The first-order valence-corrected chi connectivity index (χ1v) is 12.4. The van der Waals surface area contributed by atoms with Crippen molar-refractivity contribution in [1.82, 2.24) is 20.1 Å². The number of hydrogen-bond acceptors (Lipinski definition) is 5. The van der Waals surface area contributed by atoms with Gasteiger partial charge in [0.2, 0.25) is 15.9 Å². The number of benzene rings is 1. The molecule has 174 valence electrons. The summed E-state index contributed by atoms with van der Waals surface area (Å²) in [5, 5.41) is 9.98. The molecular weight excluding hydrogens is 442 g/mol. The molecule has 0 spiro atoms. The minimum Gasteiger partial charge on any atom is -0.351 e. The predicted molar refractivity (Wildman–Crippen MR) is 125 cm³/mol. The lowest BCUT2D eigenvalue weighted by molar-refractivity contribution is -0.122. The van der Waals surface area contributed by atoms with Crippen molar-refractivity contribution in [3.8, 4) is 0 Å². The largest absolute Gasteiger partial charge is 0.351 e. The lowest BCUT2D eigenvalue weighted by Gasteiger charge is -2.23. The van der Waals surface area contributed by atoms with Gasteiger partial charge in [-0.15, -0.1) is 0 Å². The molecule has 1 unspecified atom stereocenters. The SMILES string of the molecule is Cc1ccc(CS(=O)(=O)Nc2ccc(C)n(CC(=O)NC3CCc4[nH]ncc4C3)c2=O)cc1. The molecule has 1 aliphatic carbocycles. The third-order valence-corrected chi connectivity index (χ3v) is 7.06. The quantitative estimate of drug-likeness (QED) is 0.487. The molecule has 1 atom stereocenters. The Hall–Kier alpha value is -3.40. The van der Waals surface area contributed by atoms with E-state index < -0.39 is 15.6 Å². The Balaban J connectivity index is 1.44. The number of aromatic nitrogens is 3. The van der Waals surface area contributed by atoms with Crippen molar-refractivity contribution < 1.29 is 13.2 Å². The van der Waals surface area contributed by atoms with Crippen LogP contribution >= 0.6 is 0 Å². The van der Waals surface area contributed by atoms with Crippen LogP contribution in [0, 0.1) is 13.8 Å². The number of sulfonamides is 1. The molecule has 0 saturated carbocycles. The number of pyridine rings is 1. The van der Waals surface area contributed by atoms with E-state index in [0.717, 1.165) is 29.7 Å². The zero-order valence-electron chi connectivity index (χ0n) is 18.6. The number of carbonyl (C=O) groups excluding carboxylic acids is 1. The first kappa shape index (κ1) is 22.8. The summed E-state index contributed by atoms with van der Waals surface area (Å²) in [5.74, 6) is -0.546. The fourth-order valence-electron chi connectivity index (χ4n) is 4.01. The normalized spacial score (nSPS) is 15.6. The van der Waals surface area contributed by atoms with Crippen LogP contribution in [0.15, 0.2) is 47.4 Å². The van der Waals surface area contributed by atoms with Gasteiger partial charge in [0.25, 0.3) is 5.56 Å². The number of aromatic amines is 1. The third kappa shape index (κ3) is 5.51. The van der Waals surface area contributed by atoms with Crippen molar-refractivity contribution in [1.29, 1.82) is 0 Å². The summed E-state index contributed by atoms with van der Waals surface area (Å²) >= 11 is 0. The van der Waals surface area contributed by atoms with E-state index in [-0.39, 0.29) is 29.9 Å². The highest BCUT2D eigenvalue weighted by Crippen LogP contribution is 2.19. The summed E-state index contributed by atoms with van der Waals surface area (Å²) in [5.41, 5.74) is 3.76. The number of rotatable bonds is 7. The molecule has 1 aliphatic rings. The number of anilines is 1. The lowest BCUT2D eigenvalue weighted by atomic mass is 9.93. The summed E-state index contributed by atoms with van der Waals surface area (Å²) < 4.78 is 28.9. The van der Waals surface area contributed by atoms with E-state index in [0.29, 0.717) is 17.7 Å². The summed E-state index contributed by atoms with van der Waals surface area (Å²) in [4.78, 5) is 25.6. The van der Waals surface area contributed by atoms with E-state index >= 15 is 0 Å². The van der Waals surface area contributed by atoms with Crippen molar-refractivity contribution in [2.75, 3.05) is 4.72 Å². The number of carbonyl (C=O) groups is 1. The van der Waals surface area contributed by atoms with Crippen molar-refractivity contribution >= 4 is 21.6 Å². The van der Waals surface area contributed by atoms with Gasteiger partial charge in [-0.05, 0) is 56.4 Å². The molecule has 0 bridgehead atoms. The molecule has 3 N–H and O–H groups in total. The van der Waals surface area contributed by atoms with Crippen LogP contribution in [-0.4, -0.2) is 35.1 Å². The monoisotopic (exact) mass is 469 g/mol. The molecule has 0 aliphatic heterocycles. The second kappa shape index (κ2) is 9.22. The minimum absolute atomic E-state index is 0.0326. The van der Waals surface area contributed by atoms with Crippen LogP contribution in [0.5, 0.6) is 0 Å². The van der Waals surface area contributed by atoms with Gasteiger partial charge in [0.1, 0.15) is 12.2 Å². The van der Waals surface area contributed by atoms with E-state index in [4.69, 9.17) is 0 Å². The topological polar surface area (TPSA) is 126 Å². The van der Waals surface area contributed by atoms with Gasteiger partial charge in [0.15, 0.2) is 0 Å². The van der Waals surface area contributed by atoms with Crippen LogP contribution < -0.4 is 15.6 Å². The molecular formula is C23H27N5O4S. The van der Waals surface area contributed by atoms with Gasteiger partial charge >= 0.3 is 0 Å². The molecule has 2 aromatic heterocycles. The summed E-state index contributed by atoms with van der Waals surface area (Å²) in [6, 6.07) is 10.2. The molecule has 0 radical (unpaired) electrons. The summed E-state index contributed by atoms with van der Waals surface area (Å²) in [6.45, 7) is 3.44. The van der Waals surface area contributed by atoms with Gasteiger partial charge < -0.3 is 9.88 Å². The number of H-pyrrole nitrogens is 1. The van der Waals surface area contributed by atoms with Crippen molar-refractivity contribution in [2.45, 2.75) is 51.4 Å². The lowest BCUT2D eigenvalue weighted by Crippen LogP contribution is -2.42. The highest BCUT2D eigenvalue weighted by Gasteiger charge is 2.22. The van der Waals surface area contributed by atoms with Crippen molar-refractivity contribution in [3.63, 3.8) is 0 Å². The summed E-state index contributed by atoms with van der Waals surface area (Å²) in [7, 11) is -3.80. The maximum absolute atomic E-state index is 13.0. The second-order valence-electron chi connectivity index (χ2n) is 8.51. The fourth-order valence-corrected chi connectivity index (χ4v) is 5.20. The average Bonchev–Trinajstić information content (AvgIpc) is 3.22. The van der Waals surface area contributed by atoms with E-state index in [1.807, 2.05) is 19.1 Å². The van der Waals surface area contributed by atoms with E-state index in [1.54, 1.807) is 31.3 Å². The highest BCUT2D eigenvalue weighted by atomic mass is 32.2. The van der Waals surface area contributed by atoms with Crippen LogP contribution in [0.2, 0.25) is 0 Å². The van der Waals surface area contributed by atoms with E-state index in [1.165, 1.54) is 10.6 Å². The standard InChI is InChI=1S/C23H27N5O4S/c1-15-3-6-17(7-4-15)14-33(31,32)27-21-9-5-16(2)28(23(21)30)13-22(29)25-19-8-10-20-18(11-19)12-24-26-20/h3-7,9,12,19,27H,8,10-11,13-14H2,1-2H3,(H,24,26)(H,25,29). The Morgan fingerprint density at radius 2 is 1.94 bits per heavy atom. The Kier molecular flexibility index (Phi) is 6.37. The Bertz CT molecular complexity index is 1330. The zero-order valence-corrected chi connectivity index (χ0v) is 19.4. The van der Waals surface area contributed by atoms with E-state index in [2.05, 4.69) is 20.2 Å². The predicted octanol–water partition coefficient (Wildman–Crippen LogP) is 1.80. The molecule has 2 heterocycles. The molecule has 3 aromatic rings. The zero-order chi connectivity index (χ0) is 23.6. The molecule has 1 aromatic carbocycles. The van der Waals surface area contributed by atoms with Gasteiger partial charge in [-0.1, -0.05) is 29.8 Å².